The van der Waals surface area contributed by atoms with E-state index in [9.17, 15) is 14.0 Å². The van der Waals surface area contributed by atoms with Gasteiger partial charge in [0.2, 0.25) is 0 Å². The number of imidazole rings is 1. The molecule has 0 aliphatic heterocycles. The fourth-order valence-electron chi connectivity index (χ4n) is 3.29. The Bertz CT molecular complexity index is 1480. The molecule has 0 unspecified atom stereocenters. The molecule has 3 heterocycles. The number of esters is 1. The number of fused-ring (bicyclic) bond motifs is 2. The quantitative estimate of drug-likeness (QED) is 0.447. The fourth-order valence-corrected chi connectivity index (χ4v) is 4.06. The number of aromatic nitrogens is 4. The van der Waals surface area contributed by atoms with Crippen LogP contribution in [0.25, 0.3) is 38.5 Å². The second kappa shape index (κ2) is 6.89. The number of H-pyrrole nitrogens is 1. The first kappa shape index (κ1) is 18.2. The highest BCUT2D eigenvalue weighted by atomic mass is 32.1. The van der Waals surface area contributed by atoms with E-state index < -0.39 is 5.97 Å². The van der Waals surface area contributed by atoms with Crippen molar-refractivity contribution in [3.63, 3.8) is 0 Å². The number of carbonyl (C=O) groups excluding carboxylic acids is 1. The third-order valence-electron chi connectivity index (χ3n) is 4.66. The Morgan fingerprint density at radius 3 is 2.67 bits per heavy atom. The fraction of sp³-hybridized carbons (Fsp3) is 0.0476. The average molecular weight is 420 g/mol. The minimum atomic E-state index is -0.563. The maximum absolute atomic E-state index is 13.5. The highest BCUT2D eigenvalue weighted by Gasteiger charge is 2.19. The molecule has 0 atom stereocenters. The van der Waals surface area contributed by atoms with Gasteiger partial charge in [-0.25, -0.2) is 19.2 Å². The number of aromatic amines is 1. The largest absolute Gasteiger partial charge is 0.464 e. The van der Waals surface area contributed by atoms with Crippen LogP contribution in [0, 0.1) is 5.82 Å². The summed E-state index contributed by atoms with van der Waals surface area (Å²) in [4.78, 5) is 35.5. The number of rotatable bonds is 3. The van der Waals surface area contributed by atoms with Crippen molar-refractivity contribution in [1.29, 1.82) is 0 Å². The van der Waals surface area contributed by atoms with Gasteiger partial charge in [-0.1, -0.05) is 11.3 Å². The van der Waals surface area contributed by atoms with Crippen LogP contribution in [0.15, 0.2) is 59.4 Å². The molecule has 0 aliphatic rings. The SMILES string of the molecule is COC(=O)c1ccc2nc(-c3ccc(F)cc3)n(-c3ccc4[nH]c(=O)sc4c3)c2n1. The van der Waals surface area contributed by atoms with E-state index in [1.807, 2.05) is 12.1 Å². The molecule has 5 aromatic rings. The van der Waals surface area contributed by atoms with E-state index in [1.54, 1.807) is 34.9 Å². The van der Waals surface area contributed by atoms with Crippen molar-refractivity contribution in [3.05, 3.63) is 75.8 Å². The maximum Gasteiger partial charge on any atom is 0.356 e. The third kappa shape index (κ3) is 2.96. The number of hydrogen-bond donors (Lipinski definition) is 1. The van der Waals surface area contributed by atoms with Gasteiger partial charge in [0.1, 0.15) is 17.2 Å². The molecular formula is C21H13FN4O3S. The van der Waals surface area contributed by atoms with E-state index in [4.69, 9.17) is 4.74 Å². The maximum atomic E-state index is 13.5. The molecule has 3 aromatic heterocycles. The lowest BCUT2D eigenvalue weighted by Gasteiger charge is -2.09. The molecule has 0 spiro atoms. The van der Waals surface area contributed by atoms with Gasteiger partial charge in [-0.05, 0) is 54.6 Å². The van der Waals surface area contributed by atoms with Crippen molar-refractivity contribution in [2.24, 2.45) is 0 Å². The van der Waals surface area contributed by atoms with E-state index in [2.05, 4.69) is 15.0 Å². The van der Waals surface area contributed by atoms with Crippen molar-refractivity contribution in [2.45, 2.75) is 0 Å². The summed E-state index contributed by atoms with van der Waals surface area (Å²) < 4.78 is 20.8. The number of nitrogens with zero attached hydrogens (tertiary/aromatic N) is 3. The van der Waals surface area contributed by atoms with E-state index in [0.717, 1.165) is 21.6 Å². The van der Waals surface area contributed by atoms with Gasteiger partial charge in [0.15, 0.2) is 11.3 Å². The van der Waals surface area contributed by atoms with Gasteiger partial charge in [-0.2, -0.15) is 0 Å². The number of ether oxygens (including phenoxy) is 1. The molecule has 30 heavy (non-hydrogen) atoms. The van der Waals surface area contributed by atoms with Crippen LogP contribution in [0.1, 0.15) is 10.5 Å². The second-order valence-corrected chi connectivity index (χ2v) is 7.52. The lowest BCUT2D eigenvalue weighted by atomic mass is 10.2. The predicted molar refractivity (Wildman–Crippen MR) is 112 cm³/mol. The summed E-state index contributed by atoms with van der Waals surface area (Å²) in [6.45, 7) is 0. The van der Waals surface area contributed by atoms with Gasteiger partial charge >= 0.3 is 10.8 Å². The number of benzene rings is 2. The van der Waals surface area contributed by atoms with Crippen LogP contribution >= 0.6 is 11.3 Å². The van der Waals surface area contributed by atoms with Crippen LogP contribution in [-0.2, 0) is 4.74 Å². The zero-order valence-electron chi connectivity index (χ0n) is 15.5. The molecule has 0 saturated carbocycles. The Labute approximate surface area is 172 Å². The summed E-state index contributed by atoms with van der Waals surface area (Å²) in [5.41, 5.74) is 3.25. The number of methoxy groups -OCH3 is 1. The van der Waals surface area contributed by atoms with Gasteiger partial charge in [0, 0.05) is 5.56 Å². The van der Waals surface area contributed by atoms with Crippen LogP contribution in [0.3, 0.4) is 0 Å². The van der Waals surface area contributed by atoms with Crippen molar-refractivity contribution in [2.75, 3.05) is 7.11 Å². The molecular weight excluding hydrogens is 407 g/mol. The molecule has 0 bridgehead atoms. The monoisotopic (exact) mass is 420 g/mol. The van der Waals surface area contributed by atoms with Gasteiger partial charge < -0.3 is 9.72 Å². The lowest BCUT2D eigenvalue weighted by Crippen LogP contribution is -2.05. The number of thiazole rings is 1. The molecule has 7 nitrogen and oxygen atoms in total. The summed E-state index contributed by atoms with van der Waals surface area (Å²) in [6, 6.07) is 14.7. The molecule has 9 heteroatoms. The lowest BCUT2D eigenvalue weighted by molar-refractivity contribution is 0.0594. The van der Waals surface area contributed by atoms with Gasteiger partial charge in [0.05, 0.1) is 23.0 Å². The van der Waals surface area contributed by atoms with Crippen LogP contribution < -0.4 is 4.87 Å². The number of halogens is 1. The normalized spacial score (nSPS) is 11.3. The summed E-state index contributed by atoms with van der Waals surface area (Å²) in [7, 11) is 1.29. The number of pyridine rings is 1. The smallest absolute Gasteiger partial charge is 0.356 e. The molecule has 5 rings (SSSR count). The first-order valence-corrected chi connectivity index (χ1v) is 9.72. The first-order chi connectivity index (χ1) is 14.5. The van der Waals surface area contributed by atoms with Crippen molar-refractivity contribution in [3.8, 4) is 17.1 Å². The number of carbonyl (C=O) groups is 1. The highest BCUT2D eigenvalue weighted by Crippen LogP contribution is 2.30. The minimum absolute atomic E-state index is 0.143. The molecule has 0 aliphatic carbocycles. The van der Waals surface area contributed by atoms with Crippen LogP contribution in [0.2, 0.25) is 0 Å². The summed E-state index contributed by atoms with van der Waals surface area (Å²) in [5.74, 6) is -0.389. The third-order valence-corrected chi connectivity index (χ3v) is 5.51. The molecule has 2 aromatic carbocycles. The molecule has 0 saturated heterocycles. The average Bonchev–Trinajstić information content (AvgIpc) is 3.32. The van der Waals surface area contributed by atoms with Gasteiger partial charge in [-0.15, -0.1) is 0 Å². The molecule has 0 fully saturated rings. The molecule has 1 N–H and O–H groups in total. The molecule has 0 amide bonds. The standard InChI is InChI=1S/C21H13FN4O3S/c1-29-20(27)16-9-8-15-19(24-16)26(18(23-15)11-2-4-12(22)5-3-11)13-6-7-14-17(10-13)30-21(28)25-14/h2-10H,1H3,(H,25,28). The first-order valence-electron chi connectivity index (χ1n) is 8.90. The summed E-state index contributed by atoms with van der Waals surface area (Å²) in [5, 5.41) is 0. The van der Waals surface area contributed by atoms with Crippen LogP contribution in [0.5, 0.6) is 0 Å². The van der Waals surface area contributed by atoms with Crippen molar-refractivity contribution in [1.82, 2.24) is 19.5 Å². The molecule has 0 radical (unpaired) electrons. The number of hydrogen-bond acceptors (Lipinski definition) is 6. The Hall–Kier alpha value is -3.85. The zero-order chi connectivity index (χ0) is 20.8. The van der Waals surface area contributed by atoms with E-state index in [0.29, 0.717) is 28.2 Å². The Kier molecular flexibility index (Phi) is 4.18. The van der Waals surface area contributed by atoms with Crippen molar-refractivity contribution >= 4 is 38.7 Å². The van der Waals surface area contributed by atoms with E-state index in [1.165, 1.54) is 19.2 Å². The Balaban J connectivity index is 1.82. The van der Waals surface area contributed by atoms with Gasteiger partial charge in [-0.3, -0.25) is 9.36 Å². The Morgan fingerprint density at radius 2 is 1.90 bits per heavy atom. The predicted octanol–water partition coefficient (Wildman–Crippen LogP) is 3.92. The van der Waals surface area contributed by atoms with Crippen molar-refractivity contribution < 1.29 is 13.9 Å². The van der Waals surface area contributed by atoms with E-state index >= 15 is 0 Å². The van der Waals surface area contributed by atoms with Gasteiger partial charge in [0.25, 0.3) is 0 Å². The highest BCUT2D eigenvalue weighted by molar-refractivity contribution is 7.16. The Morgan fingerprint density at radius 1 is 1.10 bits per heavy atom. The van der Waals surface area contributed by atoms with E-state index in [-0.39, 0.29) is 16.4 Å². The summed E-state index contributed by atoms with van der Waals surface area (Å²) in [6.07, 6.45) is 0. The zero-order valence-corrected chi connectivity index (χ0v) is 16.4. The second-order valence-electron chi connectivity index (χ2n) is 6.50. The minimum Gasteiger partial charge on any atom is -0.464 e. The molecule has 148 valence electrons. The summed E-state index contributed by atoms with van der Waals surface area (Å²) >= 11 is 1.10. The van der Waals surface area contributed by atoms with Crippen LogP contribution in [0.4, 0.5) is 4.39 Å². The van der Waals surface area contributed by atoms with Crippen LogP contribution in [-0.4, -0.2) is 32.6 Å². The topological polar surface area (TPSA) is 89.9 Å². The number of nitrogens with one attached hydrogen (secondary N) is 1.